The molecule has 0 unspecified atom stereocenters. The van der Waals surface area contributed by atoms with E-state index in [9.17, 15) is 4.79 Å². The highest BCUT2D eigenvalue weighted by molar-refractivity contribution is 7.99. The Kier molecular flexibility index (Phi) is 6.97. The average molecular weight is 384 g/mol. The SMILES string of the molecule is Cc1ccc(Sc2ccccc2C2CCN(C(=O)CCCO)CC2)c(C)c1. The Labute approximate surface area is 166 Å². The number of hydrogen-bond acceptors (Lipinski definition) is 3. The van der Waals surface area contributed by atoms with E-state index in [1.165, 1.54) is 26.5 Å². The molecule has 1 heterocycles. The monoisotopic (exact) mass is 383 g/mol. The Balaban J connectivity index is 1.69. The zero-order chi connectivity index (χ0) is 19.2. The van der Waals surface area contributed by atoms with Crippen LogP contribution in [0.2, 0.25) is 0 Å². The molecule has 0 atom stereocenters. The molecule has 4 heteroatoms. The van der Waals surface area contributed by atoms with E-state index in [1.807, 2.05) is 16.7 Å². The van der Waals surface area contributed by atoms with E-state index >= 15 is 0 Å². The Morgan fingerprint density at radius 3 is 2.56 bits per heavy atom. The molecule has 0 saturated carbocycles. The minimum Gasteiger partial charge on any atom is -0.396 e. The molecule has 2 aromatic carbocycles. The number of benzene rings is 2. The number of nitrogens with zero attached hydrogens (tertiary/aromatic N) is 1. The predicted molar refractivity (Wildman–Crippen MR) is 111 cm³/mol. The highest BCUT2D eigenvalue weighted by atomic mass is 32.2. The standard InChI is InChI=1S/C23H29NO2S/c1-17-9-10-21(18(2)16-17)27-22-7-4-3-6-20(22)19-11-13-24(14-12-19)23(26)8-5-15-25/h3-4,6-7,9-10,16,19,25H,5,8,11-15H2,1-2H3. The number of amides is 1. The lowest BCUT2D eigenvalue weighted by atomic mass is 9.89. The van der Waals surface area contributed by atoms with Gasteiger partial charge in [0, 0.05) is 35.9 Å². The van der Waals surface area contributed by atoms with Crippen LogP contribution in [0.3, 0.4) is 0 Å². The Morgan fingerprint density at radius 2 is 1.85 bits per heavy atom. The van der Waals surface area contributed by atoms with Gasteiger partial charge in [-0.15, -0.1) is 0 Å². The van der Waals surface area contributed by atoms with Gasteiger partial charge in [-0.25, -0.2) is 0 Å². The molecular weight excluding hydrogens is 354 g/mol. The molecule has 27 heavy (non-hydrogen) atoms. The topological polar surface area (TPSA) is 40.5 Å². The van der Waals surface area contributed by atoms with Crippen molar-refractivity contribution in [1.82, 2.24) is 4.90 Å². The van der Waals surface area contributed by atoms with Gasteiger partial charge in [0.1, 0.15) is 0 Å². The Hall–Kier alpha value is -1.78. The van der Waals surface area contributed by atoms with Crippen LogP contribution in [0.25, 0.3) is 0 Å². The van der Waals surface area contributed by atoms with Crippen molar-refractivity contribution in [3.63, 3.8) is 0 Å². The van der Waals surface area contributed by atoms with Gasteiger partial charge in [0.2, 0.25) is 5.91 Å². The normalized spacial score (nSPS) is 15.1. The fourth-order valence-electron chi connectivity index (χ4n) is 3.77. The van der Waals surface area contributed by atoms with Crippen LogP contribution in [0, 0.1) is 13.8 Å². The van der Waals surface area contributed by atoms with Gasteiger partial charge in [-0.3, -0.25) is 4.79 Å². The third-order valence-corrected chi connectivity index (χ3v) is 6.58. The molecule has 0 bridgehead atoms. The maximum Gasteiger partial charge on any atom is 0.222 e. The number of aliphatic hydroxyl groups is 1. The second-order valence-electron chi connectivity index (χ2n) is 7.39. The molecule has 3 rings (SSSR count). The molecule has 0 radical (unpaired) electrons. The maximum atomic E-state index is 12.2. The summed E-state index contributed by atoms with van der Waals surface area (Å²) < 4.78 is 0. The van der Waals surface area contributed by atoms with Crippen molar-refractivity contribution in [2.75, 3.05) is 19.7 Å². The molecule has 0 spiro atoms. The summed E-state index contributed by atoms with van der Waals surface area (Å²) in [5.74, 6) is 0.682. The van der Waals surface area contributed by atoms with Gasteiger partial charge < -0.3 is 10.0 Å². The summed E-state index contributed by atoms with van der Waals surface area (Å²) in [5.41, 5.74) is 4.02. The molecule has 0 aromatic heterocycles. The zero-order valence-corrected chi connectivity index (χ0v) is 17.1. The van der Waals surface area contributed by atoms with Crippen molar-refractivity contribution in [3.8, 4) is 0 Å². The molecule has 1 N–H and O–H groups in total. The van der Waals surface area contributed by atoms with Crippen molar-refractivity contribution >= 4 is 17.7 Å². The smallest absolute Gasteiger partial charge is 0.222 e. The van der Waals surface area contributed by atoms with Crippen molar-refractivity contribution in [3.05, 3.63) is 59.2 Å². The van der Waals surface area contributed by atoms with Crippen LogP contribution in [0.5, 0.6) is 0 Å². The lowest BCUT2D eigenvalue weighted by Crippen LogP contribution is -2.37. The summed E-state index contributed by atoms with van der Waals surface area (Å²) >= 11 is 1.85. The average Bonchev–Trinajstić information content (AvgIpc) is 2.69. The fraction of sp³-hybridized carbons (Fsp3) is 0.435. The highest BCUT2D eigenvalue weighted by Crippen LogP contribution is 2.39. The number of aliphatic hydroxyl groups excluding tert-OH is 1. The summed E-state index contributed by atoms with van der Waals surface area (Å²) in [7, 11) is 0. The van der Waals surface area contributed by atoms with Gasteiger partial charge >= 0.3 is 0 Å². The lowest BCUT2D eigenvalue weighted by molar-refractivity contribution is -0.132. The van der Waals surface area contributed by atoms with Crippen LogP contribution < -0.4 is 0 Å². The quantitative estimate of drug-likeness (QED) is 0.769. The molecular formula is C23H29NO2S. The second kappa shape index (κ2) is 9.43. The number of carbonyl (C=O) groups is 1. The molecule has 0 aliphatic carbocycles. The second-order valence-corrected chi connectivity index (χ2v) is 8.47. The van der Waals surface area contributed by atoms with Gasteiger partial charge in [-0.05, 0) is 62.3 Å². The summed E-state index contributed by atoms with van der Waals surface area (Å²) in [6, 6.07) is 15.3. The number of piperidine rings is 1. The minimum absolute atomic E-state index is 0.0885. The van der Waals surface area contributed by atoms with Crippen LogP contribution in [0.1, 0.15) is 48.3 Å². The van der Waals surface area contributed by atoms with Crippen molar-refractivity contribution in [1.29, 1.82) is 0 Å². The highest BCUT2D eigenvalue weighted by Gasteiger charge is 2.25. The first-order valence-corrected chi connectivity index (χ1v) is 10.6. The molecule has 1 saturated heterocycles. The molecule has 144 valence electrons. The predicted octanol–water partition coefficient (Wildman–Crippen LogP) is 4.93. The molecule has 1 fully saturated rings. The fourth-order valence-corrected chi connectivity index (χ4v) is 4.86. The van der Waals surface area contributed by atoms with Crippen LogP contribution in [0.4, 0.5) is 0 Å². The number of aryl methyl sites for hydroxylation is 2. The summed E-state index contributed by atoms with van der Waals surface area (Å²) in [4.78, 5) is 16.8. The Bertz CT molecular complexity index is 782. The first-order chi connectivity index (χ1) is 13.1. The molecule has 1 aliphatic heterocycles. The zero-order valence-electron chi connectivity index (χ0n) is 16.3. The van der Waals surface area contributed by atoms with Crippen LogP contribution in [-0.2, 0) is 4.79 Å². The van der Waals surface area contributed by atoms with Gasteiger partial charge in [0.15, 0.2) is 0 Å². The molecule has 3 nitrogen and oxygen atoms in total. The third-order valence-electron chi connectivity index (χ3n) is 5.31. The first kappa shape index (κ1) is 20.0. The number of likely N-dealkylation sites (tertiary alicyclic amines) is 1. The summed E-state index contributed by atoms with van der Waals surface area (Å²) in [5, 5.41) is 8.92. The van der Waals surface area contributed by atoms with Crippen molar-refractivity contribution < 1.29 is 9.90 Å². The van der Waals surface area contributed by atoms with Crippen molar-refractivity contribution in [2.45, 2.75) is 55.2 Å². The van der Waals surface area contributed by atoms with E-state index in [2.05, 4.69) is 56.3 Å². The van der Waals surface area contributed by atoms with Gasteiger partial charge in [-0.1, -0.05) is 47.7 Å². The molecule has 1 aliphatic rings. The van der Waals surface area contributed by atoms with Gasteiger partial charge in [0.25, 0.3) is 0 Å². The number of rotatable bonds is 6. The maximum absolute atomic E-state index is 12.2. The lowest BCUT2D eigenvalue weighted by Gasteiger charge is -2.33. The van der Waals surface area contributed by atoms with E-state index in [4.69, 9.17) is 5.11 Å². The summed E-state index contributed by atoms with van der Waals surface area (Å²) in [6.07, 6.45) is 3.04. The van der Waals surface area contributed by atoms with Gasteiger partial charge in [-0.2, -0.15) is 0 Å². The largest absolute Gasteiger partial charge is 0.396 e. The van der Waals surface area contributed by atoms with E-state index < -0.39 is 0 Å². The summed E-state index contributed by atoms with van der Waals surface area (Å²) in [6.45, 7) is 6.03. The van der Waals surface area contributed by atoms with Gasteiger partial charge in [0.05, 0.1) is 0 Å². The van der Waals surface area contributed by atoms with E-state index in [1.54, 1.807) is 0 Å². The molecule has 2 aromatic rings. The van der Waals surface area contributed by atoms with Crippen LogP contribution in [-0.4, -0.2) is 35.6 Å². The van der Waals surface area contributed by atoms with E-state index in [-0.39, 0.29) is 12.5 Å². The van der Waals surface area contributed by atoms with Crippen molar-refractivity contribution in [2.24, 2.45) is 0 Å². The molecule has 1 amide bonds. The first-order valence-electron chi connectivity index (χ1n) is 9.81. The Morgan fingerprint density at radius 1 is 1.11 bits per heavy atom. The van der Waals surface area contributed by atoms with Crippen LogP contribution >= 0.6 is 11.8 Å². The van der Waals surface area contributed by atoms with Crippen LogP contribution in [0.15, 0.2) is 52.3 Å². The number of carbonyl (C=O) groups excluding carboxylic acids is 1. The third kappa shape index (κ3) is 5.14. The number of hydrogen-bond donors (Lipinski definition) is 1. The van der Waals surface area contributed by atoms with E-state index in [0.717, 1.165) is 25.9 Å². The minimum atomic E-state index is 0.0885. The van der Waals surface area contributed by atoms with E-state index in [0.29, 0.717) is 18.8 Å².